The molecule has 0 aliphatic heterocycles. The third-order valence-corrected chi connectivity index (χ3v) is 3.82. The van der Waals surface area contributed by atoms with E-state index in [1.54, 1.807) is 11.8 Å². The van der Waals surface area contributed by atoms with E-state index in [0.29, 0.717) is 12.3 Å². The summed E-state index contributed by atoms with van der Waals surface area (Å²) in [5.74, 6) is 1.87. The van der Waals surface area contributed by atoms with Gasteiger partial charge in [-0.15, -0.1) is 0 Å². The van der Waals surface area contributed by atoms with Gasteiger partial charge in [-0.3, -0.25) is 4.79 Å². The average molecular weight is 251 g/mol. The third kappa shape index (κ3) is 4.82. The first-order chi connectivity index (χ1) is 8.15. The lowest BCUT2D eigenvalue weighted by Crippen LogP contribution is -2.28. The Morgan fingerprint density at radius 3 is 2.71 bits per heavy atom. The number of benzene rings is 1. The van der Waals surface area contributed by atoms with E-state index in [4.69, 9.17) is 0 Å². The molecule has 0 aromatic heterocycles. The van der Waals surface area contributed by atoms with Crippen LogP contribution < -0.4 is 0 Å². The summed E-state index contributed by atoms with van der Waals surface area (Å²) in [7, 11) is 1.88. The van der Waals surface area contributed by atoms with Crippen LogP contribution in [-0.2, 0) is 11.3 Å². The molecule has 0 saturated carbocycles. The zero-order valence-corrected chi connectivity index (χ0v) is 11.7. The van der Waals surface area contributed by atoms with Crippen LogP contribution >= 0.6 is 11.8 Å². The van der Waals surface area contributed by atoms with E-state index in [1.165, 1.54) is 11.1 Å². The number of amides is 1. The van der Waals surface area contributed by atoms with Gasteiger partial charge < -0.3 is 4.90 Å². The van der Waals surface area contributed by atoms with Crippen LogP contribution in [0.4, 0.5) is 0 Å². The van der Waals surface area contributed by atoms with Gasteiger partial charge in [0.2, 0.25) is 5.91 Å². The van der Waals surface area contributed by atoms with Crippen molar-refractivity contribution in [3.8, 4) is 0 Å². The minimum atomic E-state index is 0.215. The number of hydrogen-bond acceptors (Lipinski definition) is 2. The summed E-state index contributed by atoms with van der Waals surface area (Å²) in [6.45, 7) is 4.92. The Balaban J connectivity index is 2.46. The third-order valence-electron chi connectivity index (χ3n) is 2.67. The van der Waals surface area contributed by atoms with Crippen molar-refractivity contribution < 1.29 is 4.79 Å². The Kier molecular flexibility index (Phi) is 6.12. The summed E-state index contributed by atoms with van der Waals surface area (Å²) < 4.78 is 0. The van der Waals surface area contributed by atoms with Gasteiger partial charge in [0.05, 0.1) is 5.75 Å². The maximum Gasteiger partial charge on any atom is 0.232 e. The highest BCUT2D eigenvalue weighted by atomic mass is 32.2. The zero-order chi connectivity index (χ0) is 12.7. The molecule has 0 heterocycles. The molecule has 0 bridgehead atoms. The number of thioether (sulfide) groups is 1. The predicted molar refractivity (Wildman–Crippen MR) is 75.3 cm³/mol. The number of carbonyl (C=O) groups is 1. The van der Waals surface area contributed by atoms with Crippen LogP contribution in [0.2, 0.25) is 0 Å². The lowest BCUT2D eigenvalue weighted by atomic mass is 10.1. The lowest BCUT2D eigenvalue weighted by Gasteiger charge is -2.18. The van der Waals surface area contributed by atoms with Gasteiger partial charge in [0, 0.05) is 13.6 Å². The van der Waals surface area contributed by atoms with Crippen LogP contribution in [0, 0.1) is 6.92 Å². The largest absolute Gasteiger partial charge is 0.341 e. The number of rotatable bonds is 6. The molecule has 0 unspecified atom stereocenters. The molecule has 0 fully saturated rings. The maximum atomic E-state index is 11.8. The molecular formula is C14H21NOS. The molecule has 0 saturated heterocycles. The van der Waals surface area contributed by atoms with E-state index in [9.17, 15) is 4.79 Å². The van der Waals surface area contributed by atoms with Crippen LogP contribution in [0.1, 0.15) is 24.5 Å². The molecule has 2 nitrogen and oxygen atoms in total. The van der Waals surface area contributed by atoms with Crippen molar-refractivity contribution in [2.45, 2.75) is 26.8 Å². The summed E-state index contributed by atoms with van der Waals surface area (Å²) in [4.78, 5) is 13.6. The molecule has 1 rings (SSSR count). The van der Waals surface area contributed by atoms with E-state index in [0.717, 1.165) is 12.2 Å². The van der Waals surface area contributed by atoms with Crippen molar-refractivity contribution in [2.75, 3.05) is 18.6 Å². The van der Waals surface area contributed by atoms with Crippen molar-refractivity contribution in [3.05, 3.63) is 35.4 Å². The Labute approximate surface area is 108 Å². The molecule has 1 aromatic carbocycles. The molecule has 0 radical (unpaired) electrons. The molecule has 0 aliphatic rings. The quantitative estimate of drug-likeness (QED) is 0.724. The van der Waals surface area contributed by atoms with E-state index in [-0.39, 0.29) is 5.91 Å². The second-order valence-electron chi connectivity index (χ2n) is 4.23. The average Bonchev–Trinajstić information content (AvgIpc) is 2.32. The Morgan fingerprint density at radius 2 is 2.06 bits per heavy atom. The molecule has 0 atom stereocenters. The van der Waals surface area contributed by atoms with Gasteiger partial charge in [0.1, 0.15) is 0 Å². The van der Waals surface area contributed by atoms with Gasteiger partial charge in [-0.1, -0.05) is 31.2 Å². The van der Waals surface area contributed by atoms with Crippen molar-refractivity contribution in [1.82, 2.24) is 4.90 Å². The van der Waals surface area contributed by atoms with Gasteiger partial charge in [0.15, 0.2) is 0 Å². The summed E-state index contributed by atoms with van der Waals surface area (Å²) in [6.07, 6.45) is 1.12. The van der Waals surface area contributed by atoms with Crippen LogP contribution in [-0.4, -0.2) is 29.4 Å². The molecule has 3 heteroatoms. The van der Waals surface area contributed by atoms with E-state index >= 15 is 0 Å². The van der Waals surface area contributed by atoms with E-state index < -0.39 is 0 Å². The van der Waals surface area contributed by atoms with Crippen molar-refractivity contribution in [1.29, 1.82) is 0 Å². The van der Waals surface area contributed by atoms with Gasteiger partial charge in [-0.05, 0) is 30.2 Å². The molecule has 1 aromatic rings. The second-order valence-corrected chi connectivity index (χ2v) is 5.33. The number of aryl methyl sites for hydroxylation is 1. The molecule has 0 aliphatic carbocycles. The van der Waals surface area contributed by atoms with E-state index in [1.807, 2.05) is 24.1 Å². The highest BCUT2D eigenvalue weighted by molar-refractivity contribution is 7.99. The zero-order valence-electron chi connectivity index (χ0n) is 10.9. The normalized spacial score (nSPS) is 10.3. The number of carbonyl (C=O) groups excluding carboxylic acids is 1. The Hall–Kier alpha value is -0.960. The first kappa shape index (κ1) is 14.1. The minimum Gasteiger partial charge on any atom is -0.341 e. The molecule has 94 valence electrons. The monoisotopic (exact) mass is 251 g/mol. The first-order valence-electron chi connectivity index (χ1n) is 6.01. The summed E-state index contributed by atoms with van der Waals surface area (Å²) in [5, 5.41) is 0. The van der Waals surface area contributed by atoms with Gasteiger partial charge >= 0.3 is 0 Å². The topological polar surface area (TPSA) is 20.3 Å². The standard InChI is InChI=1S/C14H21NOS/c1-4-9-17-11-14(16)15(3)10-13-8-6-5-7-12(13)2/h5-8H,4,9-11H2,1-3H3. The smallest absolute Gasteiger partial charge is 0.232 e. The fraction of sp³-hybridized carbons (Fsp3) is 0.500. The Bertz CT molecular complexity index is 365. The highest BCUT2D eigenvalue weighted by Crippen LogP contribution is 2.11. The van der Waals surface area contributed by atoms with Crippen molar-refractivity contribution >= 4 is 17.7 Å². The van der Waals surface area contributed by atoms with Crippen LogP contribution in [0.3, 0.4) is 0 Å². The number of nitrogens with zero attached hydrogens (tertiary/aromatic N) is 1. The highest BCUT2D eigenvalue weighted by Gasteiger charge is 2.09. The summed E-state index contributed by atoms with van der Waals surface area (Å²) >= 11 is 1.71. The SMILES string of the molecule is CCCSCC(=O)N(C)Cc1ccccc1C. The van der Waals surface area contributed by atoms with Crippen molar-refractivity contribution in [3.63, 3.8) is 0 Å². The molecule has 1 amide bonds. The second kappa shape index (κ2) is 7.38. The molecule has 0 spiro atoms. The predicted octanol–water partition coefficient (Wildman–Crippen LogP) is 3.10. The van der Waals surface area contributed by atoms with Gasteiger partial charge in [0.25, 0.3) is 0 Å². The molecule has 0 N–H and O–H groups in total. The lowest BCUT2D eigenvalue weighted by molar-refractivity contribution is -0.127. The van der Waals surface area contributed by atoms with Gasteiger partial charge in [-0.25, -0.2) is 0 Å². The molecule has 17 heavy (non-hydrogen) atoms. The van der Waals surface area contributed by atoms with Crippen LogP contribution in [0.15, 0.2) is 24.3 Å². The fourth-order valence-corrected chi connectivity index (χ4v) is 2.37. The number of hydrogen-bond donors (Lipinski definition) is 0. The van der Waals surface area contributed by atoms with Crippen molar-refractivity contribution in [2.24, 2.45) is 0 Å². The maximum absolute atomic E-state index is 11.8. The molecular weight excluding hydrogens is 230 g/mol. The first-order valence-corrected chi connectivity index (χ1v) is 7.16. The van der Waals surface area contributed by atoms with Crippen LogP contribution in [0.25, 0.3) is 0 Å². The van der Waals surface area contributed by atoms with Gasteiger partial charge in [-0.2, -0.15) is 11.8 Å². The van der Waals surface area contributed by atoms with E-state index in [2.05, 4.69) is 26.0 Å². The fourth-order valence-electron chi connectivity index (χ4n) is 1.55. The Morgan fingerprint density at radius 1 is 1.35 bits per heavy atom. The summed E-state index contributed by atoms with van der Waals surface area (Å²) in [5.41, 5.74) is 2.47. The summed E-state index contributed by atoms with van der Waals surface area (Å²) in [6, 6.07) is 8.21. The van der Waals surface area contributed by atoms with Crippen LogP contribution in [0.5, 0.6) is 0 Å². The minimum absolute atomic E-state index is 0.215.